The molecule has 0 bridgehead atoms. The number of para-hydroxylation sites is 1. The molecule has 0 aliphatic rings. The summed E-state index contributed by atoms with van der Waals surface area (Å²) in [7, 11) is 0. The lowest BCUT2D eigenvalue weighted by Gasteiger charge is -2.15. The van der Waals surface area contributed by atoms with E-state index >= 15 is 0 Å². The fourth-order valence-corrected chi connectivity index (χ4v) is 3.54. The third-order valence-electron chi connectivity index (χ3n) is 4.89. The number of imidazole rings is 2. The average Bonchev–Trinajstić information content (AvgIpc) is 3.31. The monoisotopic (exact) mass is 426 g/mol. The third-order valence-corrected chi connectivity index (χ3v) is 4.89. The van der Waals surface area contributed by atoms with Crippen LogP contribution in [0.5, 0.6) is 0 Å². The van der Waals surface area contributed by atoms with Crippen molar-refractivity contribution in [2.75, 3.05) is 5.32 Å². The van der Waals surface area contributed by atoms with Crippen LogP contribution in [0.2, 0.25) is 0 Å². The molecule has 0 atom stereocenters. The summed E-state index contributed by atoms with van der Waals surface area (Å²) in [6.45, 7) is 3.32. The summed E-state index contributed by atoms with van der Waals surface area (Å²) in [5.41, 5.74) is 0.616. The minimum atomic E-state index is -4.62. The van der Waals surface area contributed by atoms with Gasteiger partial charge in [0.25, 0.3) is 0 Å². The number of benzene rings is 2. The SMILES string of the molecule is CC(C)n1cnc2cc(NC(=O)Cn3cnc4cccc(C#N)c43)cc(C(F)(F)F)c21. The fraction of sp³-hybridized carbons (Fsp3) is 0.238. The molecule has 158 valence electrons. The maximum atomic E-state index is 13.7. The van der Waals surface area contributed by atoms with Gasteiger partial charge in [0.2, 0.25) is 5.91 Å². The van der Waals surface area contributed by atoms with Crippen LogP contribution in [-0.2, 0) is 17.5 Å². The Balaban J connectivity index is 1.68. The first-order valence-electron chi connectivity index (χ1n) is 9.40. The van der Waals surface area contributed by atoms with Crippen LogP contribution in [0.1, 0.15) is 31.0 Å². The number of halogens is 3. The number of rotatable bonds is 4. The zero-order chi connectivity index (χ0) is 22.3. The van der Waals surface area contributed by atoms with E-state index in [2.05, 4.69) is 15.3 Å². The highest BCUT2D eigenvalue weighted by atomic mass is 19.4. The van der Waals surface area contributed by atoms with Gasteiger partial charge < -0.3 is 14.5 Å². The van der Waals surface area contributed by atoms with Crippen LogP contribution in [0.25, 0.3) is 22.1 Å². The molecule has 31 heavy (non-hydrogen) atoms. The van der Waals surface area contributed by atoms with Crippen molar-refractivity contribution < 1.29 is 18.0 Å². The maximum absolute atomic E-state index is 13.7. The second-order valence-electron chi connectivity index (χ2n) is 7.34. The van der Waals surface area contributed by atoms with Crippen molar-refractivity contribution in [2.45, 2.75) is 32.6 Å². The van der Waals surface area contributed by atoms with Crippen LogP contribution < -0.4 is 5.32 Å². The summed E-state index contributed by atoms with van der Waals surface area (Å²) in [5.74, 6) is -0.553. The Morgan fingerprint density at radius 3 is 2.58 bits per heavy atom. The van der Waals surface area contributed by atoms with E-state index in [0.29, 0.717) is 16.6 Å². The van der Waals surface area contributed by atoms with E-state index in [4.69, 9.17) is 0 Å². The highest BCUT2D eigenvalue weighted by Gasteiger charge is 2.35. The van der Waals surface area contributed by atoms with E-state index < -0.39 is 17.6 Å². The van der Waals surface area contributed by atoms with Crippen LogP contribution in [0.15, 0.2) is 43.0 Å². The van der Waals surface area contributed by atoms with Crippen molar-refractivity contribution in [1.82, 2.24) is 19.1 Å². The molecule has 4 aromatic rings. The summed E-state index contributed by atoms with van der Waals surface area (Å²) < 4.78 is 44.1. The quantitative estimate of drug-likeness (QED) is 0.521. The van der Waals surface area contributed by atoms with Crippen molar-refractivity contribution >= 4 is 33.7 Å². The molecular weight excluding hydrogens is 409 g/mol. The van der Waals surface area contributed by atoms with E-state index in [-0.39, 0.29) is 29.3 Å². The Morgan fingerprint density at radius 2 is 1.90 bits per heavy atom. The number of aromatic nitrogens is 4. The summed E-state index contributed by atoms with van der Waals surface area (Å²) in [6, 6.07) is 9.15. The molecule has 0 spiro atoms. The number of alkyl halides is 3. The van der Waals surface area contributed by atoms with E-state index in [1.54, 1.807) is 32.0 Å². The van der Waals surface area contributed by atoms with Crippen LogP contribution in [0.4, 0.5) is 18.9 Å². The van der Waals surface area contributed by atoms with Crippen LogP contribution in [0, 0.1) is 11.3 Å². The van der Waals surface area contributed by atoms with Gasteiger partial charge in [0, 0.05) is 11.7 Å². The lowest BCUT2D eigenvalue weighted by atomic mass is 10.1. The predicted octanol–water partition coefficient (Wildman–Crippen LogP) is 4.50. The summed E-state index contributed by atoms with van der Waals surface area (Å²) >= 11 is 0. The Bertz CT molecular complexity index is 1340. The van der Waals surface area contributed by atoms with Crippen molar-refractivity contribution in [3.8, 4) is 6.07 Å². The molecule has 2 heterocycles. The normalized spacial score (nSPS) is 11.9. The number of nitrogens with zero attached hydrogens (tertiary/aromatic N) is 5. The van der Waals surface area contributed by atoms with Crippen LogP contribution in [0.3, 0.4) is 0 Å². The molecule has 0 unspecified atom stereocenters. The van der Waals surface area contributed by atoms with Gasteiger partial charge in [0.15, 0.2) is 0 Å². The molecule has 0 fully saturated rings. The van der Waals surface area contributed by atoms with Crippen LogP contribution >= 0.6 is 0 Å². The predicted molar refractivity (Wildman–Crippen MR) is 108 cm³/mol. The number of carbonyl (C=O) groups excluding carboxylic acids is 1. The summed E-state index contributed by atoms with van der Waals surface area (Å²) in [4.78, 5) is 20.8. The van der Waals surface area contributed by atoms with Gasteiger partial charge in [-0.25, -0.2) is 9.97 Å². The van der Waals surface area contributed by atoms with Gasteiger partial charge >= 0.3 is 6.18 Å². The second kappa shape index (κ2) is 7.43. The Hall–Kier alpha value is -3.87. The first kappa shape index (κ1) is 20.4. The molecule has 10 heteroatoms. The van der Waals surface area contributed by atoms with Crippen LogP contribution in [-0.4, -0.2) is 25.0 Å². The Kier molecular flexibility index (Phi) is 4.89. The number of hydrogen-bond donors (Lipinski definition) is 1. The van der Waals surface area contributed by atoms with Crippen molar-refractivity contribution in [1.29, 1.82) is 5.26 Å². The number of nitriles is 1. The number of fused-ring (bicyclic) bond motifs is 2. The third kappa shape index (κ3) is 3.70. The number of anilines is 1. The molecule has 0 saturated carbocycles. The van der Waals surface area contributed by atoms with E-state index in [1.165, 1.54) is 27.9 Å². The Morgan fingerprint density at radius 1 is 1.16 bits per heavy atom. The van der Waals surface area contributed by atoms with Gasteiger partial charge in [-0.1, -0.05) is 6.07 Å². The van der Waals surface area contributed by atoms with E-state index in [1.807, 2.05) is 6.07 Å². The summed E-state index contributed by atoms with van der Waals surface area (Å²) in [5, 5.41) is 11.8. The van der Waals surface area contributed by atoms with Gasteiger partial charge in [-0.3, -0.25) is 4.79 Å². The average molecular weight is 426 g/mol. The first-order chi connectivity index (χ1) is 14.7. The highest BCUT2D eigenvalue weighted by molar-refractivity contribution is 5.95. The van der Waals surface area contributed by atoms with Gasteiger partial charge in [0.1, 0.15) is 12.6 Å². The molecule has 0 aliphatic carbocycles. The van der Waals surface area contributed by atoms with Gasteiger partial charge in [-0.15, -0.1) is 0 Å². The highest BCUT2D eigenvalue weighted by Crippen LogP contribution is 2.37. The molecule has 1 N–H and O–H groups in total. The van der Waals surface area contributed by atoms with E-state index in [0.717, 1.165) is 6.07 Å². The first-order valence-corrected chi connectivity index (χ1v) is 9.40. The lowest BCUT2D eigenvalue weighted by Crippen LogP contribution is -2.19. The van der Waals surface area contributed by atoms with Gasteiger partial charge in [-0.05, 0) is 38.1 Å². The number of nitrogens with one attached hydrogen (secondary N) is 1. The lowest BCUT2D eigenvalue weighted by molar-refractivity contribution is -0.136. The zero-order valence-corrected chi connectivity index (χ0v) is 16.6. The molecule has 2 aromatic carbocycles. The topological polar surface area (TPSA) is 88.5 Å². The summed E-state index contributed by atoms with van der Waals surface area (Å²) in [6.07, 6.45) is -1.84. The Labute approximate surface area is 174 Å². The molecular formula is C21H17F3N6O. The molecule has 7 nitrogen and oxygen atoms in total. The molecule has 1 amide bonds. The minimum Gasteiger partial charge on any atom is -0.328 e. The fourth-order valence-electron chi connectivity index (χ4n) is 3.54. The van der Waals surface area contributed by atoms with Crippen molar-refractivity contribution in [3.63, 3.8) is 0 Å². The van der Waals surface area contributed by atoms with Gasteiger partial charge in [0.05, 0.1) is 45.8 Å². The second-order valence-corrected chi connectivity index (χ2v) is 7.34. The number of carbonyl (C=O) groups is 1. The molecule has 4 rings (SSSR count). The van der Waals surface area contributed by atoms with E-state index in [9.17, 15) is 23.2 Å². The number of amides is 1. The molecule has 2 aromatic heterocycles. The molecule has 0 aliphatic heterocycles. The minimum absolute atomic E-state index is 0.0104. The van der Waals surface area contributed by atoms with Crippen molar-refractivity contribution in [2.24, 2.45) is 0 Å². The zero-order valence-electron chi connectivity index (χ0n) is 16.6. The van der Waals surface area contributed by atoms with Gasteiger partial charge in [-0.2, -0.15) is 18.4 Å². The standard InChI is InChI=1S/C21H17F3N6O/c1-12(2)30-11-27-17-7-14(6-15(20(17)30)21(22,23)24)28-18(31)9-29-10-26-16-5-3-4-13(8-25)19(16)29/h3-7,10-12H,9H2,1-2H3,(H,28,31). The largest absolute Gasteiger partial charge is 0.418 e. The van der Waals surface area contributed by atoms with Crippen molar-refractivity contribution in [3.05, 3.63) is 54.1 Å². The molecule has 0 radical (unpaired) electrons. The number of hydrogen-bond acceptors (Lipinski definition) is 4. The maximum Gasteiger partial charge on any atom is 0.418 e. The smallest absolute Gasteiger partial charge is 0.328 e. The molecule has 0 saturated heterocycles.